The number of hydrogen-bond acceptors (Lipinski definition) is 2. The number of nitrogens with one attached hydrogen (secondary N) is 2. The monoisotopic (exact) mass is 246 g/mol. The molecule has 0 aromatic heterocycles. The van der Waals surface area contributed by atoms with E-state index in [2.05, 4.69) is 17.6 Å². The fourth-order valence-corrected chi connectivity index (χ4v) is 1.91. The smallest absolute Gasteiger partial charge is 0.227 e. The van der Waals surface area contributed by atoms with Crippen LogP contribution in [0.4, 0.5) is 0 Å². The highest BCUT2D eigenvalue weighted by Gasteiger charge is 2.20. The zero-order chi connectivity index (χ0) is 13.0. The van der Waals surface area contributed by atoms with Crippen molar-refractivity contribution in [2.24, 2.45) is 0 Å². The van der Waals surface area contributed by atoms with Gasteiger partial charge in [0.25, 0.3) is 0 Å². The minimum absolute atomic E-state index is 0.0773. The van der Waals surface area contributed by atoms with Crippen LogP contribution in [-0.2, 0) is 4.79 Å². The molecule has 2 N–H and O–H groups in total. The standard InChI is InChI=1S/C15H22N2O/c1-11-3-5-13(6-4-11)12(2)15(18)17-10-9-16-14-7-8-14/h3-6,12,14,16H,7-10H2,1-2H3,(H,17,18)/t12-/m1/s1. The normalized spacial score (nSPS) is 16.3. The highest BCUT2D eigenvalue weighted by molar-refractivity contribution is 5.83. The molecule has 0 unspecified atom stereocenters. The molecular weight excluding hydrogens is 224 g/mol. The summed E-state index contributed by atoms with van der Waals surface area (Å²) < 4.78 is 0. The Kier molecular flexibility index (Phi) is 4.37. The van der Waals surface area contributed by atoms with E-state index >= 15 is 0 Å². The molecule has 1 atom stereocenters. The summed E-state index contributed by atoms with van der Waals surface area (Å²) in [4.78, 5) is 11.9. The number of rotatable bonds is 6. The molecule has 3 nitrogen and oxygen atoms in total. The zero-order valence-electron chi connectivity index (χ0n) is 11.2. The summed E-state index contributed by atoms with van der Waals surface area (Å²) in [6, 6.07) is 8.86. The summed E-state index contributed by atoms with van der Waals surface area (Å²) in [5.41, 5.74) is 2.30. The number of amides is 1. The lowest BCUT2D eigenvalue weighted by molar-refractivity contribution is -0.122. The molecule has 0 heterocycles. The topological polar surface area (TPSA) is 41.1 Å². The van der Waals surface area contributed by atoms with E-state index in [1.807, 2.05) is 31.2 Å². The highest BCUT2D eigenvalue weighted by Crippen LogP contribution is 2.18. The molecule has 98 valence electrons. The Balaban J connectivity index is 1.74. The summed E-state index contributed by atoms with van der Waals surface area (Å²) in [6.07, 6.45) is 2.57. The Hall–Kier alpha value is -1.35. The van der Waals surface area contributed by atoms with E-state index in [1.54, 1.807) is 0 Å². The number of hydrogen-bond donors (Lipinski definition) is 2. The lowest BCUT2D eigenvalue weighted by Crippen LogP contribution is -2.34. The van der Waals surface area contributed by atoms with E-state index in [4.69, 9.17) is 0 Å². The van der Waals surface area contributed by atoms with Gasteiger partial charge in [0.15, 0.2) is 0 Å². The van der Waals surface area contributed by atoms with Crippen molar-refractivity contribution in [3.8, 4) is 0 Å². The summed E-state index contributed by atoms with van der Waals surface area (Å²) in [7, 11) is 0. The number of benzene rings is 1. The molecule has 1 fully saturated rings. The Labute approximate surface area is 109 Å². The minimum Gasteiger partial charge on any atom is -0.354 e. The lowest BCUT2D eigenvalue weighted by Gasteiger charge is -2.13. The molecular formula is C15H22N2O. The highest BCUT2D eigenvalue weighted by atomic mass is 16.1. The molecule has 0 radical (unpaired) electrons. The SMILES string of the molecule is Cc1ccc([C@@H](C)C(=O)NCCNC2CC2)cc1. The van der Waals surface area contributed by atoms with Gasteiger partial charge in [-0.25, -0.2) is 0 Å². The minimum atomic E-state index is -0.0773. The molecule has 18 heavy (non-hydrogen) atoms. The van der Waals surface area contributed by atoms with Crippen molar-refractivity contribution in [1.82, 2.24) is 10.6 Å². The van der Waals surface area contributed by atoms with Crippen LogP contribution in [0.1, 0.15) is 36.8 Å². The predicted octanol–water partition coefficient (Wildman–Crippen LogP) is 1.97. The van der Waals surface area contributed by atoms with E-state index < -0.39 is 0 Å². The van der Waals surface area contributed by atoms with Crippen molar-refractivity contribution in [3.05, 3.63) is 35.4 Å². The average Bonchev–Trinajstić information content (AvgIpc) is 3.18. The van der Waals surface area contributed by atoms with Crippen LogP contribution in [0.15, 0.2) is 24.3 Å². The molecule has 2 rings (SSSR count). The van der Waals surface area contributed by atoms with Crippen molar-refractivity contribution >= 4 is 5.91 Å². The maximum absolute atomic E-state index is 11.9. The van der Waals surface area contributed by atoms with Gasteiger partial charge in [0.2, 0.25) is 5.91 Å². The van der Waals surface area contributed by atoms with Gasteiger partial charge < -0.3 is 10.6 Å². The Bertz CT molecular complexity index is 395. The molecule has 3 heteroatoms. The first kappa shape index (κ1) is 13.1. The van der Waals surface area contributed by atoms with Gasteiger partial charge in [0.1, 0.15) is 0 Å². The molecule has 1 amide bonds. The van der Waals surface area contributed by atoms with Crippen LogP contribution in [0.3, 0.4) is 0 Å². The van der Waals surface area contributed by atoms with Crippen LogP contribution >= 0.6 is 0 Å². The fourth-order valence-electron chi connectivity index (χ4n) is 1.91. The van der Waals surface area contributed by atoms with Gasteiger partial charge in [0.05, 0.1) is 5.92 Å². The quantitative estimate of drug-likeness (QED) is 0.753. The van der Waals surface area contributed by atoms with Gasteiger partial charge in [-0.1, -0.05) is 29.8 Å². The number of aryl methyl sites for hydroxylation is 1. The second kappa shape index (κ2) is 6.01. The largest absolute Gasteiger partial charge is 0.354 e. The average molecular weight is 246 g/mol. The first-order chi connectivity index (χ1) is 8.66. The van der Waals surface area contributed by atoms with Crippen molar-refractivity contribution in [1.29, 1.82) is 0 Å². The summed E-state index contributed by atoms with van der Waals surface area (Å²) in [6.45, 7) is 5.59. The number of carbonyl (C=O) groups is 1. The van der Waals surface area contributed by atoms with Crippen LogP contribution < -0.4 is 10.6 Å². The van der Waals surface area contributed by atoms with Crippen LogP contribution in [0.2, 0.25) is 0 Å². The predicted molar refractivity (Wildman–Crippen MR) is 73.6 cm³/mol. The summed E-state index contributed by atoms with van der Waals surface area (Å²) >= 11 is 0. The molecule has 1 aliphatic rings. The Morgan fingerprint density at radius 2 is 1.94 bits per heavy atom. The second-order valence-corrected chi connectivity index (χ2v) is 5.15. The first-order valence-electron chi connectivity index (χ1n) is 6.74. The van der Waals surface area contributed by atoms with Gasteiger partial charge in [-0.05, 0) is 32.3 Å². The van der Waals surface area contributed by atoms with E-state index in [0.29, 0.717) is 12.6 Å². The molecule has 0 spiro atoms. The van der Waals surface area contributed by atoms with Gasteiger partial charge in [-0.15, -0.1) is 0 Å². The maximum atomic E-state index is 11.9. The van der Waals surface area contributed by atoms with Gasteiger partial charge in [-0.2, -0.15) is 0 Å². The lowest BCUT2D eigenvalue weighted by atomic mass is 9.99. The molecule has 0 saturated heterocycles. The fraction of sp³-hybridized carbons (Fsp3) is 0.533. The van der Waals surface area contributed by atoms with Crippen molar-refractivity contribution in [2.45, 2.75) is 38.6 Å². The first-order valence-corrected chi connectivity index (χ1v) is 6.74. The third-order valence-corrected chi connectivity index (χ3v) is 3.41. The molecule has 1 aromatic rings. The number of carbonyl (C=O) groups excluding carboxylic acids is 1. The summed E-state index contributed by atoms with van der Waals surface area (Å²) in [5, 5.41) is 6.36. The molecule has 1 aromatic carbocycles. The molecule has 0 aliphatic heterocycles. The van der Waals surface area contributed by atoms with Crippen LogP contribution in [-0.4, -0.2) is 25.0 Å². The van der Waals surface area contributed by atoms with E-state index in [-0.39, 0.29) is 11.8 Å². The third-order valence-electron chi connectivity index (χ3n) is 3.41. The van der Waals surface area contributed by atoms with Gasteiger partial charge in [-0.3, -0.25) is 4.79 Å². The van der Waals surface area contributed by atoms with E-state index in [0.717, 1.165) is 12.1 Å². The summed E-state index contributed by atoms with van der Waals surface area (Å²) in [5.74, 6) is 0.0305. The van der Waals surface area contributed by atoms with Crippen LogP contribution in [0, 0.1) is 6.92 Å². The van der Waals surface area contributed by atoms with Crippen LogP contribution in [0.25, 0.3) is 0 Å². The maximum Gasteiger partial charge on any atom is 0.227 e. The van der Waals surface area contributed by atoms with E-state index in [1.165, 1.54) is 18.4 Å². The van der Waals surface area contributed by atoms with Crippen molar-refractivity contribution < 1.29 is 4.79 Å². The van der Waals surface area contributed by atoms with Crippen LogP contribution in [0.5, 0.6) is 0 Å². The van der Waals surface area contributed by atoms with Crippen molar-refractivity contribution in [2.75, 3.05) is 13.1 Å². The Morgan fingerprint density at radius 1 is 1.28 bits per heavy atom. The van der Waals surface area contributed by atoms with Gasteiger partial charge in [0, 0.05) is 19.1 Å². The van der Waals surface area contributed by atoms with Gasteiger partial charge >= 0.3 is 0 Å². The molecule has 1 saturated carbocycles. The second-order valence-electron chi connectivity index (χ2n) is 5.15. The Morgan fingerprint density at radius 3 is 2.56 bits per heavy atom. The third kappa shape index (κ3) is 3.84. The molecule has 0 bridgehead atoms. The molecule has 1 aliphatic carbocycles. The van der Waals surface area contributed by atoms with E-state index in [9.17, 15) is 4.79 Å². The zero-order valence-corrected chi connectivity index (χ0v) is 11.2. The van der Waals surface area contributed by atoms with Crippen molar-refractivity contribution in [3.63, 3.8) is 0 Å².